The van der Waals surface area contributed by atoms with Crippen molar-refractivity contribution in [2.45, 2.75) is 38.8 Å². The Balaban J connectivity index is 1.16. The third kappa shape index (κ3) is 5.23. The number of rotatable bonds is 6. The Hall–Kier alpha value is -3.24. The zero-order chi connectivity index (χ0) is 24.4. The first kappa shape index (κ1) is 23.5. The van der Waals surface area contributed by atoms with E-state index in [-0.39, 0.29) is 17.6 Å². The fraction of sp³-hybridized carbons (Fsp3) is 0.480. The van der Waals surface area contributed by atoms with Gasteiger partial charge in [0.05, 0.1) is 5.69 Å². The standard InChI is InChI=1S/C25H31FN6O3/c1-2-22-24(34)28-20-13-17(15-27-25(20)35-22)16-30-9-11-31(12-10-30)21-6-5-18(14-19(21)26)23(33)29-32-7-3-4-8-32/h5-6,13-15,22H,2-4,7-12,16H2,1H3,(H,28,34)(H,29,33). The zero-order valence-corrected chi connectivity index (χ0v) is 19.9. The minimum Gasteiger partial charge on any atom is -0.463 e. The topological polar surface area (TPSA) is 90.0 Å². The molecule has 0 radical (unpaired) electrons. The minimum atomic E-state index is -0.497. The van der Waals surface area contributed by atoms with Crippen LogP contribution in [0.5, 0.6) is 5.88 Å². The van der Waals surface area contributed by atoms with Crippen molar-refractivity contribution in [2.24, 2.45) is 0 Å². The lowest BCUT2D eigenvalue weighted by atomic mass is 10.1. The molecular weight excluding hydrogens is 451 g/mol. The van der Waals surface area contributed by atoms with Crippen LogP contribution in [0, 0.1) is 5.82 Å². The number of carbonyl (C=O) groups is 2. The molecule has 2 fully saturated rings. The minimum absolute atomic E-state index is 0.144. The van der Waals surface area contributed by atoms with Crippen LogP contribution in [0.3, 0.4) is 0 Å². The second-order valence-electron chi connectivity index (χ2n) is 9.26. The lowest BCUT2D eigenvalue weighted by Crippen LogP contribution is -2.46. The van der Waals surface area contributed by atoms with Crippen LogP contribution >= 0.6 is 0 Å². The lowest BCUT2D eigenvalue weighted by molar-refractivity contribution is -0.123. The summed E-state index contributed by atoms with van der Waals surface area (Å²) >= 11 is 0. The molecule has 2 saturated heterocycles. The number of hydrazine groups is 1. The van der Waals surface area contributed by atoms with E-state index >= 15 is 0 Å². The van der Waals surface area contributed by atoms with Crippen LogP contribution in [0.1, 0.15) is 42.1 Å². The summed E-state index contributed by atoms with van der Waals surface area (Å²) in [5.74, 6) is -0.340. The van der Waals surface area contributed by atoms with Gasteiger partial charge in [-0.2, -0.15) is 0 Å². The molecule has 186 valence electrons. The average molecular weight is 483 g/mol. The second kappa shape index (κ2) is 10.2. The fourth-order valence-electron chi connectivity index (χ4n) is 4.78. The van der Waals surface area contributed by atoms with Gasteiger partial charge in [-0.1, -0.05) is 6.92 Å². The number of halogens is 1. The molecule has 3 aliphatic heterocycles. The van der Waals surface area contributed by atoms with Gasteiger partial charge in [-0.25, -0.2) is 14.4 Å². The smallest absolute Gasteiger partial charge is 0.265 e. The van der Waals surface area contributed by atoms with Crippen LogP contribution in [-0.2, 0) is 11.3 Å². The van der Waals surface area contributed by atoms with Crippen molar-refractivity contribution in [3.05, 3.63) is 47.4 Å². The highest BCUT2D eigenvalue weighted by molar-refractivity contribution is 5.97. The van der Waals surface area contributed by atoms with Gasteiger partial charge in [-0.3, -0.25) is 19.9 Å². The molecule has 1 unspecified atom stereocenters. The van der Waals surface area contributed by atoms with Gasteiger partial charge in [-0.15, -0.1) is 0 Å². The molecule has 2 amide bonds. The van der Waals surface area contributed by atoms with Gasteiger partial charge >= 0.3 is 0 Å². The average Bonchev–Trinajstić information content (AvgIpc) is 3.37. The number of carbonyl (C=O) groups excluding carboxylic acids is 2. The lowest BCUT2D eigenvalue weighted by Gasteiger charge is -2.36. The second-order valence-corrected chi connectivity index (χ2v) is 9.26. The quantitative estimate of drug-likeness (QED) is 0.654. The number of fused-ring (bicyclic) bond motifs is 1. The summed E-state index contributed by atoms with van der Waals surface area (Å²) in [6.45, 7) is 7.11. The molecule has 0 spiro atoms. The van der Waals surface area contributed by atoms with Gasteiger partial charge in [-0.05, 0) is 49.1 Å². The maximum atomic E-state index is 14.9. The maximum absolute atomic E-state index is 14.9. The van der Waals surface area contributed by atoms with Gasteiger partial charge in [0.1, 0.15) is 11.5 Å². The van der Waals surface area contributed by atoms with Crippen molar-refractivity contribution in [3.63, 3.8) is 0 Å². The van der Waals surface area contributed by atoms with Crippen molar-refractivity contribution in [1.82, 2.24) is 20.3 Å². The molecule has 0 aliphatic carbocycles. The van der Waals surface area contributed by atoms with E-state index in [1.807, 2.05) is 22.9 Å². The van der Waals surface area contributed by atoms with E-state index in [0.29, 0.717) is 48.9 Å². The van der Waals surface area contributed by atoms with Crippen LogP contribution in [0.15, 0.2) is 30.5 Å². The predicted octanol–water partition coefficient (Wildman–Crippen LogP) is 2.39. The number of hydrogen-bond donors (Lipinski definition) is 2. The molecule has 3 aliphatic rings. The van der Waals surface area contributed by atoms with E-state index in [2.05, 4.69) is 20.6 Å². The Morgan fingerprint density at radius 2 is 1.94 bits per heavy atom. The largest absolute Gasteiger partial charge is 0.463 e. The molecule has 35 heavy (non-hydrogen) atoms. The van der Waals surface area contributed by atoms with E-state index in [9.17, 15) is 14.0 Å². The zero-order valence-electron chi connectivity index (χ0n) is 19.9. The van der Waals surface area contributed by atoms with Gasteiger partial charge in [0.25, 0.3) is 11.8 Å². The van der Waals surface area contributed by atoms with Crippen LogP contribution in [0.4, 0.5) is 15.8 Å². The summed E-state index contributed by atoms with van der Waals surface area (Å²) in [4.78, 5) is 33.2. The molecule has 2 N–H and O–H groups in total. The SMILES string of the molecule is CCC1Oc2ncc(CN3CCN(c4ccc(C(=O)NN5CCCC5)cc4F)CC3)cc2NC1=O. The predicted molar refractivity (Wildman–Crippen MR) is 130 cm³/mol. The molecular formula is C25H31FN6O3. The normalized spacial score (nSPS) is 20.8. The van der Waals surface area contributed by atoms with Crippen LogP contribution in [0.25, 0.3) is 0 Å². The van der Waals surface area contributed by atoms with Crippen molar-refractivity contribution < 1.29 is 18.7 Å². The number of pyridine rings is 1. The van der Waals surface area contributed by atoms with Crippen LogP contribution in [0.2, 0.25) is 0 Å². The number of aromatic nitrogens is 1. The molecule has 1 aromatic heterocycles. The summed E-state index contributed by atoms with van der Waals surface area (Å²) in [6, 6.07) is 6.62. The Kier molecular flexibility index (Phi) is 6.83. The summed E-state index contributed by atoms with van der Waals surface area (Å²) < 4.78 is 20.6. The highest BCUT2D eigenvalue weighted by Gasteiger charge is 2.28. The first-order valence-corrected chi connectivity index (χ1v) is 12.3. The summed E-state index contributed by atoms with van der Waals surface area (Å²) in [5.41, 5.74) is 5.28. The van der Waals surface area contributed by atoms with Gasteiger partial charge in [0.15, 0.2) is 6.10 Å². The van der Waals surface area contributed by atoms with Gasteiger partial charge in [0.2, 0.25) is 5.88 Å². The summed E-state index contributed by atoms with van der Waals surface area (Å²) in [6.07, 6.45) is 4.00. The molecule has 9 nitrogen and oxygen atoms in total. The Morgan fingerprint density at radius 1 is 1.17 bits per heavy atom. The molecule has 1 aromatic carbocycles. The van der Waals surface area contributed by atoms with Crippen molar-refractivity contribution >= 4 is 23.2 Å². The molecule has 2 aromatic rings. The highest BCUT2D eigenvalue weighted by atomic mass is 19.1. The Labute approximate surface area is 204 Å². The third-order valence-corrected chi connectivity index (χ3v) is 6.78. The maximum Gasteiger partial charge on any atom is 0.265 e. The Morgan fingerprint density at radius 3 is 2.66 bits per heavy atom. The van der Waals surface area contributed by atoms with Crippen LogP contribution < -0.4 is 20.4 Å². The number of hydrogen-bond acceptors (Lipinski definition) is 7. The number of anilines is 2. The molecule has 1 atom stereocenters. The van der Waals surface area contributed by atoms with E-state index in [1.165, 1.54) is 6.07 Å². The number of nitrogens with zero attached hydrogens (tertiary/aromatic N) is 4. The number of ether oxygens (including phenoxy) is 1. The van der Waals surface area contributed by atoms with Gasteiger partial charge in [0, 0.05) is 57.6 Å². The van der Waals surface area contributed by atoms with E-state index in [0.717, 1.165) is 44.6 Å². The summed E-state index contributed by atoms with van der Waals surface area (Å²) in [5, 5.41) is 4.76. The highest BCUT2D eigenvalue weighted by Crippen LogP contribution is 2.29. The monoisotopic (exact) mass is 482 g/mol. The van der Waals surface area contributed by atoms with E-state index < -0.39 is 6.10 Å². The molecule has 0 bridgehead atoms. The van der Waals surface area contributed by atoms with Crippen LogP contribution in [-0.4, -0.2) is 72.1 Å². The molecule has 4 heterocycles. The number of benzene rings is 1. The van der Waals surface area contributed by atoms with Gasteiger partial charge < -0.3 is 15.0 Å². The Bertz CT molecular complexity index is 1100. The number of amides is 2. The van der Waals surface area contributed by atoms with E-state index in [4.69, 9.17) is 4.74 Å². The first-order chi connectivity index (χ1) is 17.0. The number of piperazine rings is 1. The molecule has 10 heteroatoms. The fourth-order valence-corrected chi connectivity index (χ4v) is 4.78. The van der Waals surface area contributed by atoms with E-state index in [1.54, 1.807) is 18.3 Å². The number of nitrogens with one attached hydrogen (secondary N) is 2. The summed E-state index contributed by atoms with van der Waals surface area (Å²) in [7, 11) is 0. The molecule has 5 rings (SSSR count). The molecule has 0 saturated carbocycles. The van der Waals surface area contributed by atoms with Crippen molar-refractivity contribution in [3.8, 4) is 5.88 Å². The van der Waals surface area contributed by atoms with Crippen molar-refractivity contribution in [2.75, 3.05) is 49.5 Å². The first-order valence-electron chi connectivity index (χ1n) is 12.3. The van der Waals surface area contributed by atoms with Crippen molar-refractivity contribution in [1.29, 1.82) is 0 Å². The third-order valence-electron chi connectivity index (χ3n) is 6.78.